The zero-order chi connectivity index (χ0) is 17.1. The summed E-state index contributed by atoms with van der Waals surface area (Å²) in [5, 5.41) is 6.14. The predicted octanol–water partition coefficient (Wildman–Crippen LogP) is 0.963. The molecule has 2 heterocycles. The number of rotatable bonds is 2. The fourth-order valence-corrected chi connectivity index (χ4v) is 3.44. The maximum Gasteiger partial charge on any atom is 0.318 e. The van der Waals surface area contributed by atoms with E-state index in [0.717, 1.165) is 13.0 Å². The highest BCUT2D eigenvalue weighted by Crippen LogP contribution is 2.18. The van der Waals surface area contributed by atoms with E-state index in [1.54, 1.807) is 4.90 Å². The second-order valence-corrected chi connectivity index (χ2v) is 6.67. The van der Waals surface area contributed by atoms with Gasteiger partial charge in [-0.15, -0.1) is 0 Å². The minimum Gasteiger partial charge on any atom is -0.336 e. The molecule has 3 amide bonds. The molecule has 2 aliphatic heterocycles. The van der Waals surface area contributed by atoms with Crippen molar-refractivity contribution in [3.63, 3.8) is 0 Å². The molecule has 0 spiro atoms. The average Bonchev–Trinajstić information content (AvgIpc) is 2.61. The SMILES string of the molecule is CC1NCCN(C(=O)CNC(=O)N2CCc3ccccc3C2)C1C. The van der Waals surface area contributed by atoms with E-state index in [0.29, 0.717) is 19.6 Å². The first-order chi connectivity index (χ1) is 11.6. The largest absolute Gasteiger partial charge is 0.336 e. The number of carbonyl (C=O) groups excluding carboxylic acids is 2. The van der Waals surface area contributed by atoms with Gasteiger partial charge in [-0.2, -0.15) is 0 Å². The lowest BCUT2D eigenvalue weighted by atomic mass is 10.0. The molecule has 6 nitrogen and oxygen atoms in total. The minimum atomic E-state index is -0.159. The molecule has 2 N–H and O–H groups in total. The lowest BCUT2D eigenvalue weighted by Crippen LogP contribution is -2.59. The van der Waals surface area contributed by atoms with Crippen LogP contribution in [0.3, 0.4) is 0 Å². The molecule has 1 fully saturated rings. The first-order valence-corrected chi connectivity index (χ1v) is 8.68. The zero-order valence-corrected chi connectivity index (χ0v) is 14.4. The zero-order valence-electron chi connectivity index (χ0n) is 14.4. The summed E-state index contributed by atoms with van der Waals surface area (Å²) in [6.45, 7) is 6.97. The van der Waals surface area contributed by atoms with Crippen LogP contribution < -0.4 is 10.6 Å². The number of urea groups is 1. The highest BCUT2D eigenvalue weighted by atomic mass is 16.2. The third-order valence-electron chi connectivity index (χ3n) is 5.16. The van der Waals surface area contributed by atoms with Crippen LogP contribution in [-0.4, -0.2) is 60.0 Å². The second-order valence-electron chi connectivity index (χ2n) is 6.67. The summed E-state index contributed by atoms with van der Waals surface area (Å²) in [5.41, 5.74) is 2.50. The fourth-order valence-electron chi connectivity index (χ4n) is 3.44. The van der Waals surface area contributed by atoms with Crippen LogP contribution in [0.1, 0.15) is 25.0 Å². The molecular formula is C18H26N4O2. The van der Waals surface area contributed by atoms with Crippen molar-refractivity contribution in [1.29, 1.82) is 0 Å². The van der Waals surface area contributed by atoms with Gasteiger partial charge in [0, 0.05) is 38.3 Å². The summed E-state index contributed by atoms with van der Waals surface area (Å²) < 4.78 is 0. The van der Waals surface area contributed by atoms with Gasteiger partial charge in [0.2, 0.25) is 5.91 Å². The van der Waals surface area contributed by atoms with Crippen molar-refractivity contribution in [2.75, 3.05) is 26.2 Å². The maximum absolute atomic E-state index is 12.4. The molecule has 2 aliphatic rings. The first kappa shape index (κ1) is 16.8. The Labute approximate surface area is 143 Å². The number of hydrogen-bond donors (Lipinski definition) is 2. The van der Waals surface area contributed by atoms with E-state index in [1.165, 1.54) is 11.1 Å². The van der Waals surface area contributed by atoms with Crippen molar-refractivity contribution in [3.8, 4) is 0 Å². The summed E-state index contributed by atoms with van der Waals surface area (Å²) in [7, 11) is 0. The monoisotopic (exact) mass is 330 g/mol. The number of nitrogens with zero attached hydrogens (tertiary/aromatic N) is 2. The van der Waals surface area contributed by atoms with E-state index in [-0.39, 0.29) is 30.6 Å². The van der Waals surface area contributed by atoms with Crippen LogP contribution >= 0.6 is 0 Å². The summed E-state index contributed by atoms with van der Waals surface area (Å²) in [6, 6.07) is 8.46. The third kappa shape index (κ3) is 3.53. The number of hydrogen-bond acceptors (Lipinski definition) is 3. The van der Waals surface area contributed by atoms with Gasteiger partial charge in [0.15, 0.2) is 0 Å². The van der Waals surface area contributed by atoms with Gasteiger partial charge in [0.1, 0.15) is 0 Å². The van der Waals surface area contributed by atoms with Crippen molar-refractivity contribution < 1.29 is 9.59 Å². The molecule has 0 radical (unpaired) electrons. The average molecular weight is 330 g/mol. The molecule has 130 valence electrons. The number of fused-ring (bicyclic) bond motifs is 1. The molecule has 2 atom stereocenters. The van der Waals surface area contributed by atoms with E-state index < -0.39 is 0 Å². The lowest BCUT2D eigenvalue weighted by Gasteiger charge is -2.38. The van der Waals surface area contributed by atoms with Crippen LogP contribution in [-0.2, 0) is 17.8 Å². The van der Waals surface area contributed by atoms with Crippen molar-refractivity contribution >= 4 is 11.9 Å². The molecule has 6 heteroatoms. The van der Waals surface area contributed by atoms with Crippen molar-refractivity contribution in [3.05, 3.63) is 35.4 Å². The first-order valence-electron chi connectivity index (χ1n) is 8.68. The Bertz CT molecular complexity index is 619. The van der Waals surface area contributed by atoms with Crippen LogP contribution in [0.15, 0.2) is 24.3 Å². The molecule has 0 aliphatic carbocycles. The van der Waals surface area contributed by atoms with Gasteiger partial charge >= 0.3 is 6.03 Å². The number of carbonyl (C=O) groups is 2. The Kier molecular flexibility index (Phi) is 5.04. The number of nitrogens with one attached hydrogen (secondary N) is 2. The van der Waals surface area contributed by atoms with Gasteiger partial charge in [-0.3, -0.25) is 4.79 Å². The van der Waals surface area contributed by atoms with Crippen molar-refractivity contribution in [2.45, 2.75) is 38.9 Å². The van der Waals surface area contributed by atoms with Gasteiger partial charge in [-0.1, -0.05) is 24.3 Å². The topological polar surface area (TPSA) is 64.7 Å². The Balaban J connectivity index is 1.52. The van der Waals surface area contributed by atoms with E-state index >= 15 is 0 Å². The normalized spacial score (nSPS) is 23.6. The minimum absolute atomic E-state index is 0.0124. The summed E-state index contributed by atoms with van der Waals surface area (Å²) in [5.74, 6) is -0.0124. The molecular weight excluding hydrogens is 304 g/mol. The van der Waals surface area contributed by atoms with E-state index in [1.807, 2.05) is 24.0 Å². The fraction of sp³-hybridized carbons (Fsp3) is 0.556. The van der Waals surface area contributed by atoms with Gasteiger partial charge < -0.3 is 20.4 Å². The Hall–Kier alpha value is -2.08. The van der Waals surface area contributed by atoms with Crippen LogP contribution in [0.2, 0.25) is 0 Å². The highest BCUT2D eigenvalue weighted by Gasteiger charge is 2.28. The number of amides is 3. The van der Waals surface area contributed by atoms with E-state index in [9.17, 15) is 9.59 Å². The number of benzene rings is 1. The quantitative estimate of drug-likeness (QED) is 0.849. The van der Waals surface area contributed by atoms with Gasteiger partial charge in [0.25, 0.3) is 0 Å². The molecule has 1 aromatic carbocycles. The molecule has 24 heavy (non-hydrogen) atoms. The van der Waals surface area contributed by atoms with E-state index in [4.69, 9.17) is 0 Å². The van der Waals surface area contributed by atoms with Gasteiger partial charge in [-0.25, -0.2) is 4.79 Å². The predicted molar refractivity (Wildman–Crippen MR) is 92.6 cm³/mol. The molecule has 2 unspecified atom stereocenters. The smallest absolute Gasteiger partial charge is 0.318 e. The van der Waals surface area contributed by atoms with Crippen molar-refractivity contribution in [2.24, 2.45) is 0 Å². The van der Waals surface area contributed by atoms with E-state index in [2.05, 4.69) is 29.7 Å². The summed E-state index contributed by atoms with van der Waals surface area (Å²) in [6.07, 6.45) is 0.865. The van der Waals surface area contributed by atoms with Crippen LogP contribution in [0.5, 0.6) is 0 Å². The standard InChI is InChI=1S/C18H26N4O2/c1-13-14(2)22(10-8-19-13)17(23)11-20-18(24)21-9-7-15-5-3-4-6-16(15)12-21/h3-6,13-14,19H,7-12H2,1-2H3,(H,20,24). The van der Waals surface area contributed by atoms with Crippen LogP contribution in [0.4, 0.5) is 4.79 Å². The molecule has 0 saturated carbocycles. The Morgan fingerprint density at radius 3 is 2.75 bits per heavy atom. The third-order valence-corrected chi connectivity index (χ3v) is 5.16. The maximum atomic E-state index is 12.4. The summed E-state index contributed by atoms with van der Waals surface area (Å²) >= 11 is 0. The van der Waals surface area contributed by atoms with Crippen LogP contribution in [0, 0.1) is 0 Å². The van der Waals surface area contributed by atoms with Crippen molar-refractivity contribution in [1.82, 2.24) is 20.4 Å². The number of piperazine rings is 1. The lowest BCUT2D eigenvalue weighted by molar-refractivity contribution is -0.133. The second kappa shape index (κ2) is 7.21. The molecule has 3 rings (SSSR count). The Morgan fingerprint density at radius 1 is 1.21 bits per heavy atom. The van der Waals surface area contributed by atoms with Gasteiger partial charge in [-0.05, 0) is 31.4 Å². The molecule has 1 aromatic rings. The molecule has 0 aromatic heterocycles. The van der Waals surface area contributed by atoms with Crippen LogP contribution in [0.25, 0.3) is 0 Å². The molecule has 1 saturated heterocycles. The molecule has 0 bridgehead atoms. The Morgan fingerprint density at radius 2 is 1.96 bits per heavy atom. The van der Waals surface area contributed by atoms with Gasteiger partial charge in [0.05, 0.1) is 6.54 Å². The highest BCUT2D eigenvalue weighted by molar-refractivity contribution is 5.84. The summed E-state index contributed by atoms with van der Waals surface area (Å²) in [4.78, 5) is 28.4.